The van der Waals surface area contributed by atoms with Gasteiger partial charge in [0, 0.05) is 47.7 Å². The molecule has 0 bridgehead atoms. The topological polar surface area (TPSA) is 79.4 Å². The predicted octanol–water partition coefficient (Wildman–Crippen LogP) is 4.33. The number of halogens is 1. The Morgan fingerprint density at radius 1 is 1.21 bits per heavy atom. The molecular formula is C21H24ClN3O3S. The standard InChI is InChI=1S/C21H24ClN3O3S/c1-13(2)11-20(28)25-10-9-16-18(12-25)29-21(23-16)24-19(27)8-7-17(26)14-3-5-15(22)6-4-14/h3-6,13H,7-12H2,1-2H3,(H,23,24,27). The lowest BCUT2D eigenvalue weighted by Crippen LogP contribution is -2.36. The molecule has 2 amide bonds. The van der Waals surface area contributed by atoms with Gasteiger partial charge in [0.2, 0.25) is 11.8 Å². The minimum atomic E-state index is -0.244. The van der Waals surface area contributed by atoms with Gasteiger partial charge in [-0.1, -0.05) is 36.8 Å². The number of ketones is 1. The van der Waals surface area contributed by atoms with Crippen LogP contribution in [0.25, 0.3) is 0 Å². The van der Waals surface area contributed by atoms with Crippen molar-refractivity contribution in [1.82, 2.24) is 9.88 Å². The molecule has 0 saturated heterocycles. The van der Waals surface area contributed by atoms with Crippen molar-refractivity contribution in [3.63, 3.8) is 0 Å². The Labute approximate surface area is 179 Å². The first kappa shape index (κ1) is 21.5. The van der Waals surface area contributed by atoms with Crippen LogP contribution in [0, 0.1) is 5.92 Å². The Hall–Kier alpha value is -2.25. The van der Waals surface area contributed by atoms with E-state index in [0.717, 1.165) is 10.6 Å². The van der Waals surface area contributed by atoms with Gasteiger partial charge in [0.15, 0.2) is 10.9 Å². The van der Waals surface area contributed by atoms with E-state index in [1.807, 2.05) is 18.7 Å². The molecule has 0 aliphatic carbocycles. The highest BCUT2D eigenvalue weighted by Crippen LogP contribution is 2.29. The van der Waals surface area contributed by atoms with E-state index in [1.54, 1.807) is 24.3 Å². The molecule has 1 aromatic carbocycles. The van der Waals surface area contributed by atoms with E-state index in [0.29, 0.717) is 47.6 Å². The Morgan fingerprint density at radius 3 is 2.62 bits per heavy atom. The Morgan fingerprint density at radius 2 is 1.93 bits per heavy atom. The highest BCUT2D eigenvalue weighted by Gasteiger charge is 2.25. The van der Waals surface area contributed by atoms with Crippen molar-refractivity contribution in [1.29, 1.82) is 0 Å². The number of anilines is 1. The van der Waals surface area contributed by atoms with E-state index in [4.69, 9.17) is 11.6 Å². The number of amides is 2. The third-order valence-electron chi connectivity index (χ3n) is 4.66. The van der Waals surface area contributed by atoms with Crippen LogP contribution in [-0.4, -0.2) is 34.0 Å². The van der Waals surface area contributed by atoms with Crippen LogP contribution in [0.1, 0.15) is 54.0 Å². The highest BCUT2D eigenvalue weighted by molar-refractivity contribution is 7.15. The number of fused-ring (bicyclic) bond motifs is 1. The lowest BCUT2D eigenvalue weighted by atomic mass is 10.1. The van der Waals surface area contributed by atoms with Crippen LogP contribution in [0.2, 0.25) is 5.02 Å². The van der Waals surface area contributed by atoms with Crippen LogP contribution in [0.15, 0.2) is 24.3 Å². The van der Waals surface area contributed by atoms with E-state index < -0.39 is 0 Å². The van der Waals surface area contributed by atoms with E-state index >= 15 is 0 Å². The number of carbonyl (C=O) groups is 3. The fraction of sp³-hybridized carbons (Fsp3) is 0.429. The Bertz CT molecular complexity index is 908. The van der Waals surface area contributed by atoms with Gasteiger partial charge >= 0.3 is 0 Å². The van der Waals surface area contributed by atoms with Crippen molar-refractivity contribution in [3.05, 3.63) is 45.4 Å². The number of hydrogen-bond acceptors (Lipinski definition) is 5. The van der Waals surface area contributed by atoms with Crippen molar-refractivity contribution in [2.75, 3.05) is 11.9 Å². The molecule has 2 heterocycles. The summed E-state index contributed by atoms with van der Waals surface area (Å²) in [5.74, 6) is 0.141. The van der Waals surface area contributed by atoms with Crippen molar-refractivity contribution >= 4 is 45.7 Å². The van der Waals surface area contributed by atoms with Crippen molar-refractivity contribution in [2.24, 2.45) is 5.92 Å². The molecule has 29 heavy (non-hydrogen) atoms. The zero-order chi connectivity index (χ0) is 21.0. The van der Waals surface area contributed by atoms with E-state index in [2.05, 4.69) is 10.3 Å². The Kier molecular flexibility index (Phi) is 7.03. The summed E-state index contributed by atoms with van der Waals surface area (Å²) in [6.45, 7) is 5.27. The molecule has 0 saturated carbocycles. The highest BCUT2D eigenvalue weighted by atomic mass is 35.5. The third-order valence-corrected chi connectivity index (χ3v) is 5.91. The summed E-state index contributed by atoms with van der Waals surface area (Å²) in [5, 5.41) is 3.87. The van der Waals surface area contributed by atoms with Gasteiger partial charge in [0.1, 0.15) is 0 Å². The summed E-state index contributed by atoms with van der Waals surface area (Å²) in [5.41, 5.74) is 1.48. The average Bonchev–Trinajstić information content (AvgIpc) is 3.07. The van der Waals surface area contributed by atoms with E-state index in [9.17, 15) is 14.4 Å². The molecule has 3 rings (SSSR count). The molecule has 0 atom stereocenters. The van der Waals surface area contributed by atoms with Crippen molar-refractivity contribution in [2.45, 2.75) is 46.1 Å². The molecule has 1 aliphatic rings. The van der Waals surface area contributed by atoms with Crippen LogP contribution in [0.3, 0.4) is 0 Å². The maximum atomic E-state index is 12.3. The molecule has 2 aromatic rings. The first-order valence-corrected chi connectivity index (χ1v) is 10.9. The normalized spacial score (nSPS) is 13.3. The number of Topliss-reactive ketones (excluding diaryl/α,β-unsaturated/α-hetero) is 1. The lowest BCUT2D eigenvalue weighted by Gasteiger charge is -2.26. The smallest absolute Gasteiger partial charge is 0.226 e. The fourth-order valence-corrected chi connectivity index (χ4v) is 4.30. The maximum absolute atomic E-state index is 12.3. The monoisotopic (exact) mass is 433 g/mol. The van der Waals surface area contributed by atoms with Gasteiger partial charge in [0.05, 0.1) is 12.2 Å². The van der Waals surface area contributed by atoms with Gasteiger partial charge in [-0.15, -0.1) is 0 Å². The van der Waals surface area contributed by atoms with E-state index in [-0.39, 0.29) is 30.4 Å². The SMILES string of the molecule is CC(C)CC(=O)N1CCc2nc(NC(=O)CCC(=O)c3ccc(Cl)cc3)sc2C1. The largest absolute Gasteiger partial charge is 0.337 e. The first-order chi connectivity index (χ1) is 13.8. The second-order valence-corrected chi connectivity index (χ2v) is 9.05. The molecule has 8 heteroatoms. The molecule has 1 N–H and O–H groups in total. The number of hydrogen-bond donors (Lipinski definition) is 1. The van der Waals surface area contributed by atoms with E-state index in [1.165, 1.54) is 11.3 Å². The number of thiazole rings is 1. The number of benzene rings is 1. The first-order valence-electron chi connectivity index (χ1n) is 9.66. The van der Waals surface area contributed by atoms with Crippen LogP contribution in [0.4, 0.5) is 5.13 Å². The van der Waals surface area contributed by atoms with Crippen LogP contribution >= 0.6 is 22.9 Å². The number of carbonyl (C=O) groups excluding carboxylic acids is 3. The van der Waals surface area contributed by atoms with Gasteiger partial charge < -0.3 is 10.2 Å². The molecule has 6 nitrogen and oxygen atoms in total. The number of rotatable bonds is 7. The number of nitrogens with zero attached hydrogens (tertiary/aromatic N) is 2. The van der Waals surface area contributed by atoms with Gasteiger partial charge in [-0.2, -0.15) is 0 Å². The molecule has 0 spiro atoms. The minimum absolute atomic E-state index is 0.0880. The number of aromatic nitrogens is 1. The summed E-state index contributed by atoms with van der Waals surface area (Å²) >= 11 is 7.22. The molecule has 1 aromatic heterocycles. The van der Waals surface area contributed by atoms with Crippen molar-refractivity contribution < 1.29 is 14.4 Å². The molecule has 0 unspecified atom stereocenters. The maximum Gasteiger partial charge on any atom is 0.226 e. The second kappa shape index (κ2) is 9.50. The fourth-order valence-electron chi connectivity index (χ4n) is 3.13. The summed E-state index contributed by atoms with van der Waals surface area (Å²) in [7, 11) is 0. The third kappa shape index (κ3) is 5.87. The molecular weight excluding hydrogens is 410 g/mol. The molecule has 154 valence electrons. The van der Waals surface area contributed by atoms with Gasteiger partial charge in [-0.05, 0) is 30.2 Å². The lowest BCUT2D eigenvalue weighted by molar-refractivity contribution is -0.132. The van der Waals surface area contributed by atoms with Crippen molar-refractivity contribution in [3.8, 4) is 0 Å². The molecule has 0 fully saturated rings. The van der Waals surface area contributed by atoms with Crippen LogP contribution in [0.5, 0.6) is 0 Å². The summed E-state index contributed by atoms with van der Waals surface area (Å²) in [6, 6.07) is 6.63. The summed E-state index contributed by atoms with van der Waals surface area (Å²) in [4.78, 5) is 44.1. The average molecular weight is 434 g/mol. The van der Waals surface area contributed by atoms with Gasteiger partial charge in [0.25, 0.3) is 0 Å². The Balaban J connectivity index is 1.52. The summed E-state index contributed by atoms with van der Waals surface area (Å²) in [6.07, 6.45) is 1.45. The van der Waals surface area contributed by atoms with Crippen LogP contribution < -0.4 is 5.32 Å². The van der Waals surface area contributed by atoms with Gasteiger partial charge in [-0.3, -0.25) is 14.4 Å². The van der Waals surface area contributed by atoms with Crippen LogP contribution in [-0.2, 0) is 22.6 Å². The van der Waals surface area contributed by atoms with Gasteiger partial charge in [-0.25, -0.2) is 4.98 Å². The second-order valence-electron chi connectivity index (χ2n) is 7.53. The zero-order valence-corrected chi connectivity index (χ0v) is 18.1. The number of nitrogens with one attached hydrogen (secondary N) is 1. The predicted molar refractivity (Wildman–Crippen MR) is 114 cm³/mol. The molecule has 0 radical (unpaired) electrons. The zero-order valence-electron chi connectivity index (χ0n) is 16.5. The summed E-state index contributed by atoms with van der Waals surface area (Å²) < 4.78 is 0. The quantitative estimate of drug-likeness (QED) is 0.659. The molecule has 1 aliphatic heterocycles. The minimum Gasteiger partial charge on any atom is -0.337 e.